The second-order valence-electron chi connectivity index (χ2n) is 5.00. The monoisotopic (exact) mass is 297 g/mol. The lowest BCUT2D eigenvalue weighted by atomic mass is 10.1. The van der Waals surface area contributed by atoms with Crippen molar-refractivity contribution in [1.29, 1.82) is 0 Å². The number of rotatable bonds is 2. The third-order valence-corrected chi connectivity index (χ3v) is 3.87. The van der Waals surface area contributed by atoms with Crippen molar-refractivity contribution in [2.45, 2.75) is 13.0 Å². The Balaban J connectivity index is 2.29. The normalized spacial score (nSPS) is 19.9. The van der Waals surface area contributed by atoms with Gasteiger partial charge in [0.2, 0.25) is 0 Å². The Morgan fingerprint density at radius 1 is 1.45 bits per heavy atom. The first-order valence-corrected chi connectivity index (χ1v) is 6.71. The highest BCUT2D eigenvalue weighted by molar-refractivity contribution is 6.31. The molecule has 1 heterocycles. The van der Waals surface area contributed by atoms with Crippen molar-refractivity contribution in [3.8, 4) is 0 Å². The van der Waals surface area contributed by atoms with E-state index in [0.717, 1.165) is 6.54 Å². The number of halogens is 1. The predicted molar refractivity (Wildman–Crippen MR) is 76.1 cm³/mol. The predicted octanol–water partition coefficient (Wildman–Crippen LogP) is 2.02. The van der Waals surface area contributed by atoms with E-state index in [9.17, 15) is 14.9 Å². The van der Waals surface area contributed by atoms with Crippen LogP contribution in [0.2, 0.25) is 5.02 Å². The lowest BCUT2D eigenvalue weighted by molar-refractivity contribution is -0.385. The van der Waals surface area contributed by atoms with Crippen LogP contribution in [-0.2, 0) is 0 Å². The molecule has 6 nitrogen and oxygen atoms in total. The average Bonchev–Trinajstić information content (AvgIpc) is 2.40. The molecule has 1 fully saturated rings. The highest BCUT2D eigenvalue weighted by Gasteiger charge is 2.29. The summed E-state index contributed by atoms with van der Waals surface area (Å²) in [5.41, 5.74) is -0.148. The molecule has 0 aliphatic carbocycles. The molecule has 1 aromatic carbocycles. The summed E-state index contributed by atoms with van der Waals surface area (Å²) in [7, 11) is 1.99. The summed E-state index contributed by atoms with van der Waals surface area (Å²) >= 11 is 5.85. The molecule has 1 amide bonds. The Labute approximate surface area is 122 Å². The molecule has 7 heteroatoms. The maximum atomic E-state index is 12.5. The van der Waals surface area contributed by atoms with Crippen LogP contribution in [0.5, 0.6) is 0 Å². The summed E-state index contributed by atoms with van der Waals surface area (Å²) < 4.78 is 0. The highest BCUT2D eigenvalue weighted by atomic mass is 35.5. The van der Waals surface area contributed by atoms with Crippen LogP contribution >= 0.6 is 11.6 Å². The second-order valence-corrected chi connectivity index (χ2v) is 5.44. The Hall–Kier alpha value is -1.66. The first-order chi connectivity index (χ1) is 9.40. The van der Waals surface area contributed by atoms with Gasteiger partial charge in [-0.15, -0.1) is 0 Å². The maximum Gasteiger partial charge on any atom is 0.282 e. The van der Waals surface area contributed by atoms with Gasteiger partial charge in [0.1, 0.15) is 5.56 Å². The summed E-state index contributed by atoms with van der Waals surface area (Å²) in [6, 6.07) is 4.29. The summed E-state index contributed by atoms with van der Waals surface area (Å²) in [5.74, 6) is -0.334. The fourth-order valence-electron chi connectivity index (χ4n) is 2.24. The van der Waals surface area contributed by atoms with Gasteiger partial charge < -0.3 is 9.80 Å². The Kier molecular flexibility index (Phi) is 4.25. The number of hydrogen-bond acceptors (Lipinski definition) is 4. The van der Waals surface area contributed by atoms with Crippen molar-refractivity contribution in [2.75, 3.05) is 26.7 Å². The highest BCUT2D eigenvalue weighted by Crippen LogP contribution is 2.25. The zero-order valence-corrected chi connectivity index (χ0v) is 12.1. The minimum absolute atomic E-state index is 0.0549. The van der Waals surface area contributed by atoms with Crippen molar-refractivity contribution in [3.05, 3.63) is 38.9 Å². The van der Waals surface area contributed by atoms with Crippen LogP contribution in [0.25, 0.3) is 0 Å². The Morgan fingerprint density at radius 2 is 2.15 bits per heavy atom. The van der Waals surface area contributed by atoms with E-state index in [2.05, 4.69) is 4.90 Å². The number of nitro groups is 1. The first kappa shape index (κ1) is 14.7. The largest absolute Gasteiger partial charge is 0.336 e. The number of nitro benzene ring substituents is 1. The zero-order valence-electron chi connectivity index (χ0n) is 11.4. The molecule has 108 valence electrons. The lowest BCUT2D eigenvalue weighted by Gasteiger charge is -2.37. The molecule has 1 saturated heterocycles. The molecule has 0 bridgehead atoms. The quantitative estimate of drug-likeness (QED) is 0.619. The standard InChI is InChI=1S/C13H16ClN3O3/c1-9-8-16(6-5-15(9)2)13(18)11-7-10(14)3-4-12(11)17(19)20/h3-4,7,9H,5-6,8H2,1-2H3. The number of nitrogens with zero attached hydrogens (tertiary/aromatic N) is 3. The van der Waals surface area contributed by atoms with E-state index < -0.39 is 4.92 Å². The number of piperazine rings is 1. The molecule has 0 N–H and O–H groups in total. The maximum absolute atomic E-state index is 12.5. The molecule has 1 unspecified atom stereocenters. The van der Waals surface area contributed by atoms with Gasteiger partial charge in [0.25, 0.3) is 11.6 Å². The number of hydrogen-bond donors (Lipinski definition) is 0. The molecule has 1 aromatic rings. The van der Waals surface area contributed by atoms with Crippen LogP contribution in [0.3, 0.4) is 0 Å². The minimum atomic E-state index is -0.553. The third-order valence-electron chi connectivity index (χ3n) is 3.63. The van der Waals surface area contributed by atoms with Gasteiger partial charge in [-0.3, -0.25) is 14.9 Å². The van der Waals surface area contributed by atoms with Gasteiger partial charge in [0.15, 0.2) is 0 Å². The molecular formula is C13H16ClN3O3. The molecule has 0 saturated carbocycles. The molecule has 2 rings (SSSR count). The van der Waals surface area contributed by atoms with Gasteiger partial charge in [-0.2, -0.15) is 0 Å². The number of carbonyl (C=O) groups excluding carboxylic acids is 1. The van der Waals surface area contributed by atoms with Gasteiger partial charge in [-0.25, -0.2) is 0 Å². The molecule has 0 aromatic heterocycles. The molecule has 1 aliphatic rings. The van der Waals surface area contributed by atoms with Crippen LogP contribution in [0.4, 0.5) is 5.69 Å². The van der Waals surface area contributed by atoms with Gasteiger partial charge in [-0.05, 0) is 26.1 Å². The number of benzene rings is 1. The number of amides is 1. The Morgan fingerprint density at radius 3 is 2.75 bits per heavy atom. The van der Waals surface area contributed by atoms with Crippen LogP contribution in [-0.4, -0.2) is 53.4 Å². The molecule has 20 heavy (non-hydrogen) atoms. The van der Waals surface area contributed by atoms with Crippen LogP contribution in [0, 0.1) is 10.1 Å². The van der Waals surface area contributed by atoms with Crippen molar-refractivity contribution in [2.24, 2.45) is 0 Å². The summed E-state index contributed by atoms with van der Waals surface area (Å²) in [5, 5.41) is 11.3. The van der Waals surface area contributed by atoms with Gasteiger partial charge in [0.05, 0.1) is 4.92 Å². The SMILES string of the molecule is CC1CN(C(=O)c2cc(Cl)ccc2[N+](=O)[O-])CCN1C. The van der Waals surface area contributed by atoms with Crippen LogP contribution < -0.4 is 0 Å². The first-order valence-electron chi connectivity index (χ1n) is 6.33. The van der Waals surface area contributed by atoms with Gasteiger partial charge in [-0.1, -0.05) is 11.6 Å². The van der Waals surface area contributed by atoms with Crippen LogP contribution in [0.15, 0.2) is 18.2 Å². The number of likely N-dealkylation sites (N-methyl/N-ethyl adjacent to an activating group) is 1. The average molecular weight is 298 g/mol. The van der Waals surface area contributed by atoms with E-state index in [1.54, 1.807) is 4.90 Å². The molecule has 0 spiro atoms. The van der Waals surface area contributed by atoms with E-state index in [-0.39, 0.29) is 23.2 Å². The van der Waals surface area contributed by atoms with E-state index in [1.807, 2.05) is 14.0 Å². The van der Waals surface area contributed by atoms with Gasteiger partial charge >= 0.3 is 0 Å². The van der Waals surface area contributed by atoms with Crippen molar-refractivity contribution in [1.82, 2.24) is 9.80 Å². The fourth-order valence-corrected chi connectivity index (χ4v) is 2.41. The van der Waals surface area contributed by atoms with Gasteiger partial charge in [0, 0.05) is 36.8 Å². The van der Waals surface area contributed by atoms with Crippen molar-refractivity contribution >= 4 is 23.2 Å². The molecular weight excluding hydrogens is 282 g/mol. The summed E-state index contributed by atoms with van der Waals surface area (Å²) in [6.07, 6.45) is 0. The van der Waals surface area contributed by atoms with Crippen molar-refractivity contribution in [3.63, 3.8) is 0 Å². The van der Waals surface area contributed by atoms with Crippen LogP contribution in [0.1, 0.15) is 17.3 Å². The summed E-state index contributed by atoms with van der Waals surface area (Å²) in [6.45, 7) is 3.88. The minimum Gasteiger partial charge on any atom is -0.336 e. The van der Waals surface area contributed by atoms with Crippen molar-refractivity contribution < 1.29 is 9.72 Å². The van der Waals surface area contributed by atoms with E-state index >= 15 is 0 Å². The molecule has 1 aliphatic heterocycles. The third kappa shape index (κ3) is 2.91. The molecule has 1 atom stereocenters. The van der Waals surface area contributed by atoms with E-state index in [4.69, 9.17) is 11.6 Å². The zero-order chi connectivity index (χ0) is 14.9. The fraction of sp³-hybridized carbons (Fsp3) is 0.462. The van der Waals surface area contributed by atoms with E-state index in [1.165, 1.54) is 18.2 Å². The second kappa shape index (κ2) is 5.76. The van der Waals surface area contributed by atoms with E-state index in [0.29, 0.717) is 18.1 Å². The Bertz CT molecular complexity index is 550. The smallest absolute Gasteiger partial charge is 0.282 e. The molecule has 0 radical (unpaired) electrons. The number of carbonyl (C=O) groups is 1. The summed E-state index contributed by atoms with van der Waals surface area (Å²) in [4.78, 5) is 26.7. The topological polar surface area (TPSA) is 66.7 Å². The lowest BCUT2D eigenvalue weighted by Crippen LogP contribution is -2.52.